The van der Waals surface area contributed by atoms with E-state index >= 15 is 0 Å². The van der Waals surface area contributed by atoms with E-state index in [1.807, 2.05) is 36.4 Å². The van der Waals surface area contributed by atoms with Gasteiger partial charge in [-0.05, 0) is 11.6 Å². The van der Waals surface area contributed by atoms with Crippen molar-refractivity contribution >= 4 is 0 Å². The van der Waals surface area contributed by atoms with Gasteiger partial charge in [-0.25, -0.2) is 0 Å². The average molecular weight is 280 g/mol. The van der Waals surface area contributed by atoms with Crippen molar-refractivity contribution in [1.29, 1.82) is 5.26 Å². The lowest BCUT2D eigenvalue weighted by molar-refractivity contribution is 0.126. The van der Waals surface area contributed by atoms with Crippen molar-refractivity contribution in [2.75, 3.05) is 7.11 Å². The third kappa shape index (κ3) is 2.55. The minimum atomic E-state index is -0.394. The molecular formula is C15H12N4O2. The maximum Gasteiger partial charge on any atom is 0.274 e. The number of nitrogens with zero attached hydrogens (tertiary/aromatic N) is 3. The van der Waals surface area contributed by atoms with Crippen LogP contribution in [-0.2, 0) is 4.74 Å². The van der Waals surface area contributed by atoms with E-state index in [0.29, 0.717) is 23.0 Å². The first-order valence-electron chi connectivity index (χ1n) is 6.32. The summed E-state index contributed by atoms with van der Waals surface area (Å²) < 4.78 is 10.7. The molecule has 1 unspecified atom stereocenters. The van der Waals surface area contributed by atoms with Gasteiger partial charge < -0.3 is 14.2 Å². The number of aromatic amines is 1. The fraction of sp³-hybridized carbons (Fsp3) is 0.133. The fourth-order valence-electron chi connectivity index (χ4n) is 2.05. The Bertz CT molecular complexity index is 770. The molecule has 0 fully saturated rings. The van der Waals surface area contributed by atoms with Gasteiger partial charge in [0.2, 0.25) is 5.82 Å². The highest BCUT2D eigenvalue weighted by atomic mass is 16.5. The lowest BCUT2D eigenvalue weighted by Gasteiger charge is -2.10. The van der Waals surface area contributed by atoms with Crippen molar-refractivity contribution in [3.8, 4) is 17.7 Å². The topological polar surface area (TPSA) is 87.7 Å². The number of benzene rings is 1. The largest absolute Gasteiger partial charge is 0.369 e. The molecule has 0 spiro atoms. The second kappa shape index (κ2) is 5.61. The lowest BCUT2D eigenvalue weighted by Crippen LogP contribution is -2.05. The Balaban J connectivity index is 1.92. The number of ether oxygens (including phenoxy) is 1. The standard InChI is InChI=1S/C15H12N4O2/c1-20-13(11-5-3-2-4-6-11)14-18-15(21-19-14)12-7-10(8-16)9-17-12/h2-7,9,13,17H,1H3. The summed E-state index contributed by atoms with van der Waals surface area (Å²) in [5.41, 5.74) is 2.06. The zero-order chi connectivity index (χ0) is 14.7. The van der Waals surface area contributed by atoms with Crippen molar-refractivity contribution in [2.45, 2.75) is 6.10 Å². The van der Waals surface area contributed by atoms with E-state index in [4.69, 9.17) is 14.5 Å². The first-order chi connectivity index (χ1) is 10.3. The predicted octanol–water partition coefficient (Wildman–Crippen LogP) is 2.67. The van der Waals surface area contributed by atoms with Crippen LogP contribution in [-0.4, -0.2) is 22.2 Å². The van der Waals surface area contributed by atoms with Gasteiger partial charge in [0.1, 0.15) is 17.9 Å². The maximum absolute atomic E-state index is 8.82. The van der Waals surface area contributed by atoms with Crippen LogP contribution < -0.4 is 0 Å². The van der Waals surface area contributed by atoms with Crippen molar-refractivity contribution in [3.05, 3.63) is 59.5 Å². The maximum atomic E-state index is 8.82. The number of nitriles is 1. The zero-order valence-corrected chi connectivity index (χ0v) is 11.3. The molecule has 2 aromatic heterocycles. The highest BCUT2D eigenvalue weighted by Gasteiger charge is 2.20. The van der Waals surface area contributed by atoms with Crippen LogP contribution in [0.2, 0.25) is 0 Å². The van der Waals surface area contributed by atoms with Gasteiger partial charge in [0.15, 0.2) is 0 Å². The Hall–Kier alpha value is -2.91. The molecule has 0 amide bonds. The molecule has 0 aliphatic carbocycles. The van der Waals surface area contributed by atoms with E-state index in [1.165, 1.54) is 0 Å². The molecule has 6 heteroatoms. The molecule has 1 N–H and O–H groups in total. The molecule has 0 aliphatic rings. The molecule has 21 heavy (non-hydrogen) atoms. The minimum absolute atomic E-state index is 0.324. The molecule has 6 nitrogen and oxygen atoms in total. The van der Waals surface area contributed by atoms with Crippen molar-refractivity contribution in [3.63, 3.8) is 0 Å². The normalized spacial score (nSPS) is 12.0. The zero-order valence-electron chi connectivity index (χ0n) is 11.3. The Labute approximate surface area is 121 Å². The second-order valence-electron chi connectivity index (χ2n) is 4.40. The van der Waals surface area contributed by atoms with Crippen LogP contribution in [0.3, 0.4) is 0 Å². The summed E-state index contributed by atoms with van der Waals surface area (Å²) in [6, 6.07) is 13.3. The van der Waals surface area contributed by atoms with Crippen molar-refractivity contribution in [2.24, 2.45) is 0 Å². The SMILES string of the molecule is COC(c1ccccc1)c1noc(-c2cc(C#N)c[nH]2)n1. The molecule has 0 bridgehead atoms. The first kappa shape index (κ1) is 13.1. The summed E-state index contributed by atoms with van der Waals surface area (Å²) in [6.45, 7) is 0. The summed E-state index contributed by atoms with van der Waals surface area (Å²) >= 11 is 0. The van der Waals surface area contributed by atoms with E-state index in [9.17, 15) is 0 Å². The van der Waals surface area contributed by atoms with Gasteiger partial charge in [-0.1, -0.05) is 35.5 Å². The summed E-state index contributed by atoms with van der Waals surface area (Å²) in [6.07, 6.45) is 1.19. The van der Waals surface area contributed by atoms with Crippen LogP contribution in [0.4, 0.5) is 0 Å². The van der Waals surface area contributed by atoms with E-state index in [-0.39, 0.29) is 0 Å². The van der Waals surface area contributed by atoms with E-state index in [0.717, 1.165) is 5.56 Å². The van der Waals surface area contributed by atoms with Crippen molar-refractivity contribution < 1.29 is 9.26 Å². The second-order valence-corrected chi connectivity index (χ2v) is 4.40. The number of aromatic nitrogens is 3. The van der Waals surface area contributed by atoms with E-state index < -0.39 is 6.10 Å². The van der Waals surface area contributed by atoms with Crippen LogP contribution in [0.5, 0.6) is 0 Å². The Morgan fingerprint density at radius 1 is 1.33 bits per heavy atom. The summed E-state index contributed by atoms with van der Waals surface area (Å²) in [5, 5.41) is 12.8. The Kier molecular flexibility index (Phi) is 3.50. The minimum Gasteiger partial charge on any atom is -0.369 e. The highest BCUT2D eigenvalue weighted by molar-refractivity contribution is 5.51. The van der Waals surface area contributed by atoms with Gasteiger partial charge in [0, 0.05) is 13.3 Å². The molecule has 0 radical (unpaired) electrons. The van der Waals surface area contributed by atoms with Crippen LogP contribution in [0.1, 0.15) is 23.1 Å². The lowest BCUT2D eigenvalue weighted by atomic mass is 10.1. The average Bonchev–Trinajstić information content (AvgIpc) is 3.18. The van der Waals surface area contributed by atoms with Gasteiger partial charge in [-0.2, -0.15) is 10.2 Å². The van der Waals surface area contributed by atoms with Gasteiger partial charge >= 0.3 is 0 Å². The number of H-pyrrole nitrogens is 1. The molecule has 1 atom stereocenters. The first-order valence-corrected chi connectivity index (χ1v) is 6.32. The summed E-state index contributed by atoms with van der Waals surface area (Å²) in [4.78, 5) is 7.26. The molecule has 3 rings (SSSR count). The van der Waals surface area contributed by atoms with Crippen molar-refractivity contribution in [1.82, 2.24) is 15.1 Å². The molecule has 0 saturated carbocycles. The fourth-order valence-corrected chi connectivity index (χ4v) is 2.05. The van der Waals surface area contributed by atoms with E-state index in [1.54, 1.807) is 19.4 Å². The van der Waals surface area contributed by atoms with Gasteiger partial charge in [-0.3, -0.25) is 0 Å². The van der Waals surface area contributed by atoms with Gasteiger partial charge in [-0.15, -0.1) is 0 Å². The summed E-state index contributed by atoms with van der Waals surface area (Å²) in [5.74, 6) is 0.760. The van der Waals surface area contributed by atoms with Crippen LogP contribution in [0.25, 0.3) is 11.6 Å². The quantitative estimate of drug-likeness (QED) is 0.793. The smallest absolute Gasteiger partial charge is 0.274 e. The van der Waals surface area contributed by atoms with Crippen LogP contribution >= 0.6 is 0 Å². The third-order valence-electron chi connectivity index (χ3n) is 3.06. The molecule has 3 aromatic rings. The Morgan fingerprint density at radius 3 is 2.81 bits per heavy atom. The number of hydrogen-bond donors (Lipinski definition) is 1. The highest BCUT2D eigenvalue weighted by Crippen LogP contribution is 2.25. The number of rotatable bonds is 4. The van der Waals surface area contributed by atoms with Gasteiger partial charge in [0.05, 0.1) is 5.56 Å². The van der Waals surface area contributed by atoms with E-state index in [2.05, 4.69) is 15.1 Å². The number of methoxy groups -OCH3 is 1. The number of hydrogen-bond acceptors (Lipinski definition) is 5. The number of nitrogens with one attached hydrogen (secondary N) is 1. The van der Waals surface area contributed by atoms with Gasteiger partial charge in [0.25, 0.3) is 5.89 Å². The monoisotopic (exact) mass is 280 g/mol. The summed E-state index contributed by atoms with van der Waals surface area (Å²) in [7, 11) is 1.59. The predicted molar refractivity (Wildman–Crippen MR) is 74.1 cm³/mol. The Morgan fingerprint density at radius 2 is 2.14 bits per heavy atom. The molecule has 104 valence electrons. The van der Waals surface area contributed by atoms with Crippen LogP contribution in [0, 0.1) is 11.3 Å². The molecule has 2 heterocycles. The molecule has 0 saturated heterocycles. The molecular weight excluding hydrogens is 268 g/mol. The third-order valence-corrected chi connectivity index (χ3v) is 3.06. The molecule has 1 aromatic carbocycles. The molecule has 0 aliphatic heterocycles. The van der Waals surface area contributed by atoms with Crippen LogP contribution in [0.15, 0.2) is 47.1 Å².